The lowest BCUT2D eigenvalue weighted by molar-refractivity contribution is -0.120. The Morgan fingerprint density at radius 1 is 1.10 bits per heavy atom. The minimum Gasteiger partial charge on any atom is -0.374 e. The Hall–Kier alpha value is -3.93. The van der Waals surface area contributed by atoms with Gasteiger partial charge in [-0.25, -0.2) is 0 Å². The molecule has 0 aliphatic heterocycles. The largest absolute Gasteiger partial charge is 0.374 e. The smallest absolute Gasteiger partial charge is 0.247 e. The monoisotopic (exact) mass is 413 g/mol. The van der Waals surface area contributed by atoms with Gasteiger partial charge in [-0.1, -0.05) is 55.1 Å². The normalized spacial score (nSPS) is 12.5. The van der Waals surface area contributed by atoms with Gasteiger partial charge in [0.2, 0.25) is 5.91 Å². The molecule has 0 spiro atoms. The molecule has 1 aromatic heterocycles. The molecule has 2 aromatic carbocycles. The molecular formula is C25H27N5O. The number of aryl methyl sites for hydroxylation is 1. The summed E-state index contributed by atoms with van der Waals surface area (Å²) >= 11 is 0. The van der Waals surface area contributed by atoms with Gasteiger partial charge >= 0.3 is 0 Å². The van der Waals surface area contributed by atoms with Crippen LogP contribution in [0.15, 0.2) is 90.6 Å². The number of amides is 1. The molecule has 31 heavy (non-hydrogen) atoms. The van der Waals surface area contributed by atoms with Crippen LogP contribution in [0.5, 0.6) is 0 Å². The standard InChI is InChI=1S/C25H27N5O/c1-18(20-8-6-5-7-9-20)10-15-24(26-3)29-25(31)19(2)28-22-13-11-21(12-14-22)23-16-17-27-30(23)4/h5-17,19,28H,1H2,2-4H3,(H,26,29,31). The molecule has 1 atom stereocenters. The fourth-order valence-electron chi connectivity index (χ4n) is 3.04. The second-order valence-electron chi connectivity index (χ2n) is 7.11. The molecular weight excluding hydrogens is 386 g/mol. The van der Waals surface area contributed by atoms with E-state index in [0.717, 1.165) is 28.1 Å². The highest BCUT2D eigenvalue weighted by molar-refractivity contribution is 6.07. The zero-order chi connectivity index (χ0) is 22.2. The third-order valence-corrected chi connectivity index (χ3v) is 4.86. The first-order chi connectivity index (χ1) is 15.0. The van der Waals surface area contributed by atoms with Crippen molar-refractivity contribution in [3.05, 3.63) is 91.2 Å². The molecule has 0 aliphatic carbocycles. The van der Waals surface area contributed by atoms with Crippen LogP contribution in [0.3, 0.4) is 0 Å². The van der Waals surface area contributed by atoms with Gasteiger partial charge in [-0.2, -0.15) is 5.10 Å². The molecule has 0 saturated heterocycles. The van der Waals surface area contributed by atoms with E-state index in [1.54, 1.807) is 19.3 Å². The maximum atomic E-state index is 12.6. The van der Waals surface area contributed by atoms with E-state index in [-0.39, 0.29) is 5.91 Å². The summed E-state index contributed by atoms with van der Waals surface area (Å²) in [5.41, 5.74) is 4.81. The minimum absolute atomic E-state index is 0.175. The Balaban J connectivity index is 1.57. The summed E-state index contributed by atoms with van der Waals surface area (Å²) in [5.74, 6) is 0.300. The summed E-state index contributed by atoms with van der Waals surface area (Å²) < 4.78 is 1.82. The summed E-state index contributed by atoms with van der Waals surface area (Å²) in [7, 11) is 3.55. The van der Waals surface area contributed by atoms with Crippen molar-refractivity contribution >= 4 is 23.0 Å². The van der Waals surface area contributed by atoms with E-state index in [9.17, 15) is 4.79 Å². The van der Waals surface area contributed by atoms with E-state index in [2.05, 4.69) is 27.3 Å². The van der Waals surface area contributed by atoms with Gasteiger partial charge in [0.05, 0.1) is 5.69 Å². The van der Waals surface area contributed by atoms with Gasteiger partial charge in [0.1, 0.15) is 11.9 Å². The van der Waals surface area contributed by atoms with Crippen LogP contribution in [0, 0.1) is 0 Å². The maximum absolute atomic E-state index is 12.6. The van der Waals surface area contributed by atoms with E-state index < -0.39 is 6.04 Å². The summed E-state index contributed by atoms with van der Waals surface area (Å²) in [5, 5.41) is 10.3. The number of nitrogens with one attached hydrogen (secondary N) is 2. The topological polar surface area (TPSA) is 71.3 Å². The Bertz CT molecular complexity index is 1090. The average molecular weight is 414 g/mol. The van der Waals surface area contributed by atoms with Crippen molar-refractivity contribution in [1.29, 1.82) is 0 Å². The number of carbonyl (C=O) groups is 1. The van der Waals surface area contributed by atoms with Crippen LogP contribution in [0.2, 0.25) is 0 Å². The number of nitrogens with zero attached hydrogens (tertiary/aromatic N) is 3. The maximum Gasteiger partial charge on any atom is 0.247 e. The van der Waals surface area contributed by atoms with Gasteiger partial charge in [0.25, 0.3) is 0 Å². The summed E-state index contributed by atoms with van der Waals surface area (Å²) in [6, 6.07) is 19.3. The van der Waals surface area contributed by atoms with Crippen molar-refractivity contribution in [3.63, 3.8) is 0 Å². The molecule has 0 radical (unpaired) electrons. The number of hydrogen-bond donors (Lipinski definition) is 2. The highest BCUT2D eigenvalue weighted by Gasteiger charge is 2.14. The average Bonchev–Trinajstić information content (AvgIpc) is 3.23. The number of anilines is 1. The predicted molar refractivity (Wildman–Crippen MR) is 128 cm³/mol. The van der Waals surface area contributed by atoms with Crippen molar-refractivity contribution in [1.82, 2.24) is 15.1 Å². The second kappa shape index (κ2) is 10.2. The second-order valence-corrected chi connectivity index (χ2v) is 7.11. The van der Waals surface area contributed by atoms with Gasteiger partial charge < -0.3 is 10.6 Å². The highest BCUT2D eigenvalue weighted by Crippen LogP contribution is 2.20. The molecule has 3 aromatic rings. The van der Waals surface area contributed by atoms with Crippen molar-refractivity contribution in [3.8, 4) is 11.3 Å². The van der Waals surface area contributed by atoms with Crippen LogP contribution in [0.25, 0.3) is 16.8 Å². The molecule has 1 amide bonds. The molecule has 158 valence electrons. The van der Waals surface area contributed by atoms with Gasteiger partial charge in [-0.3, -0.25) is 14.5 Å². The predicted octanol–water partition coefficient (Wildman–Crippen LogP) is 4.30. The molecule has 0 fully saturated rings. The van der Waals surface area contributed by atoms with Crippen molar-refractivity contribution in [2.24, 2.45) is 12.0 Å². The molecule has 0 aliphatic rings. The van der Waals surface area contributed by atoms with Crippen LogP contribution < -0.4 is 10.6 Å². The molecule has 1 unspecified atom stereocenters. The first-order valence-electron chi connectivity index (χ1n) is 10.0. The number of hydrogen-bond acceptors (Lipinski definition) is 4. The van der Waals surface area contributed by atoms with Gasteiger partial charge in [-0.15, -0.1) is 0 Å². The SMILES string of the molecule is C=C(C=CC(=NC)NC(=O)C(C)Nc1ccc(-c2ccnn2C)cc1)c1ccccc1. The van der Waals surface area contributed by atoms with Crippen molar-refractivity contribution < 1.29 is 4.79 Å². The zero-order valence-electron chi connectivity index (χ0n) is 18.0. The quantitative estimate of drug-likeness (QED) is 0.345. The lowest BCUT2D eigenvalue weighted by Gasteiger charge is -2.15. The summed E-state index contributed by atoms with van der Waals surface area (Å²) in [6.07, 6.45) is 5.36. The lowest BCUT2D eigenvalue weighted by atomic mass is 10.1. The first kappa shape index (κ1) is 21.8. The van der Waals surface area contributed by atoms with E-state index in [1.807, 2.05) is 85.4 Å². The fraction of sp³-hybridized carbons (Fsp3) is 0.160. The Labute approximate surface area is 183 Å². The molecule has 3 rings (SSSR count). The number of aromatic nitrogens is 2. The van der Waals surface area contributed by atoms with Crippen LogP contribution in [0.4, 0.5) is 5.69 Å². The van der Waals surface area contributed by atoms with Crippen LogP contribution in [0.1, 0.15) is 12.5 Å². The third kappa shape index (κ3) is 5.79. The summed E-state index contributed by atoms with van der Waals surface area (Å²) in [6.45, 7) is 5.87. The number of benzene rings is 2. The van der Waals surface area contributed by atoms with E-state index in [1.165, 1.54) is 0 Å². The number of amidine groups is 1. The highest BCUT2D eigenvalue weighted by atomic mass is 16.2. The van der Waals surface area contributed by atoms with Gasteiger partial charge in [0.15, 0.2) is 0 Å². The first-order valence-corrected chi connectivity index (χ1v) is 10.0. The van der Waals surface area contributed by atoms with Crippen LogP contribution in [-0.2, 0) is 11.8 Å². The van der Waals surface area contributed by atoms with Crippen LogP contribution in [-0.4, -0.2) is 34.6 Å². The minimum atomic E-state index is -0.440. The van der Waals surface area contributed by atoms with Crippen LogP contribution >= 0.6 is 0 Å². The van der Waals surface area contributed by atoms with Gasteiger partial charge in [0, 0.05) is 26.0 Å². The van der Waals surface area contributed by atoms with Gasteiger partial charge in [-0.05, 0) is 47.9 Å². The zero-order valence-corrected chi connectivity index (χ0v) is 18.0. The molecule has 0 bridgehead atoms. The molecule has 1 heterocycles. The molecule has 6 heteroatoms. The van der Waals surface area contributed by atoms with E-state index in [0.29, 0.717) is 5.84 Å². The third-order valence-electron chi connectivity index (χ3n) is 4.86. The van der Waals surface area contributed by atoms with Crippen molar-refractivity contribution in [2.75, 3.05) is 12.4 Å². The lowest BCUT2D eigenvalue weighted by Crippen LogP contribution is -2.40. The molecule has 0 saturated carbocycles. The number of aliphatic imine (C=N–C) groups is 1. The van der Waals surface area contributed by atoms with E-state index >= 15 is 0 Å². The molecule has 6 nitrogen and oxygen atoms in total. The molecule has 2 N–H and O–H groups in total. The van der Waals surface area contributed by atoms with E-state index in [4.69, 9.17) is 0 Å². The summed E-state index contributed by atoms with van der Waals surface area (Å²) in [4.78, 5) is 16.8. The Morgan fingerprint density at radius 3 is 2.42 bits per heavy atom. The fourth-order valence-corrected chi connectivity index (χ4v) is 3.04. The number of rotatable bonds is 7. The number of allylic oxidation sites excluding steroid dienone is 2. The Morgan fingerprint density at radius 2 is 1.81 bits per heavy atom. The number of carbonyl (C=O) groups excluding carboxylic acids is 1. The Kier molecular flexibility index (Phi) is 7.17. The van der Waals surface area contributed by atoms with Crippen molar-refractivity contribution in [2.45, 2.75) is 13.0 Å².